The Hall–Kier alpha value is -6.04. The number of anilines is 4. The first-order valence-corrected chi connectivity index (χ1v) is 22.5. The number of fused-ring (bicyclic) bond motifs is 8. The van der Waals surface area contributed by atoms with Crippen LogP contribution in [0.15, 0.2) is 46.9 Å². The minimum Gasteiger partial charge on any atom is -0.495 e. The number of rotatable bonds is 11. The molecule has 6 heterocycles. The Kier molecular flexibility index (Phi) is 11.4. The Balaban J connectivity index is 0.000000162. The van der Waals surface area contributed by atoms with Gasteiger partial charge in [0.15, 0.2) is 0 Å². The summed E-state index contributed by atoms with van der Waals surface area (Å²) in [6, 6.07) is 8.12. The van der Waals surface area contributed by atoms with E-state index in [1.54, 1.807) is 61.6 Å². The second-order valence-electron chi connectivity index (χ2n) is 17.0. The van der Waals surface area contributed by atoms with E-state index in [4.69, 9.17) is 14.2 Å². The summed E-state index contributed by atoms with van der Waals surface area (Å²) in [5.41, 5.74) is 7.39. The second kappa shape index (κ2) is 16.9. The maximum absolute atomic E-state index is 13.2. The maximum atomic E-state index is 13.2. The molecule has 0 saturated carbocycles. The summed E-state index contributed by atoms with van der Waals surface area (Å²) in [5.74, 6) is 2.42. The molecule has 6 aromatic rings. The number of ether oxygens (including phenoxy) is 3. The first kappa shape index (κ1) is 42.3. The van der Waals surface area contributed by atoms with Crippen molar-refractivity contribution in [1.82, 2.24) is 24.8 Å². The van der Waals surface area contributed by atoms with Gasteiger partial charge in [0.1, 0.15) is 45.5 Å². The van der Waals surface area contributed by atoms with E-state index in [1.165, 1.54) is 10.4 Å². The highest BCUT2D eigenvalue weighted by Crippen LogP contribution is 2.47. The molecule has 10 rings (SSSR count). The number of thiophene rings is 2. The fourth-order valence-corrected chi connectivity index (χ4v) is 11.7. The van der Waals surface area contributed by atoms with E-state index in [0.717, 1.165) is 100 Å². The van der Waals surface area contributed by atoms with Gasteiger partial charge in [0.05, 0.1) is 66.9 Å². The number of likely N-dealkylation sites (N-methyl/N-ethyl adjacent to an activating group) is 1. The van der Waals surface area contributed by atoms with Gasteiger partial charge in [-0.15, -0.1) is 22.7 Å². The monoisotopic (exact) mass is 887 g/mol. The molecule has 0 spiro atoms. The van der Waals surface area contributed by atoms with Crippen LogP contribution < -0.4 is 20.1 Å². The van der Waals surface area contributed by atoms with E-state index < -0.39 is 16.8 Å². The van der Waals surface area contributed by atoms with Crippen molar-refractivity contribution in [2.75, 3.05) is 52.2 Å². The van der Waals surface area contributed by atoms with E-state index in [9.17, 15) is 14.7 Å². The lowest BCUT2D eigenvalue weighted by molar-refractivity contribution is -0.148. The Morgan fingerprint density at radius 2 is 1.24 bits per heavy atom. The summed E-state index contributed by atoms with van der Waals surface area (Å²) in [5, 5.41) is 18.6. The van der Waals surface area contributed by atoms with Gasteiger partial charge in [-0.2, -0.15) is 0 Å². The predicted octanol–water partition coefficient (Wildman–Crippen LogP) is 7.93. The molecule has 63 heavy (non-hydrogen) atoms. The fourth-order valence-electron chi connectivity index (χ4n) is 8.98. The summed E-state index contributed by atoms with van der Waals surface area (Å²) >= 11 is 3.23. The van der Waals surface area contributed by atoms with Crippen LogP contribution in [-0.4, -0.2) is 95.8 Å². The molecule has 326 valence electrons. The Morgan fingerprint density at radius 1 is 0.746 bits per heavy atom. The number of nitrogens with zero attached hydrogens (tertiary/aromatic N) is 7. The standard InChI is InChI=1S/C25H29N5O3S.C21H20N4O3S/c1-25(24(31)30(2)7-8-32-3)6-5-17-20(11-25)34-23-21(17)22(27-14-28-23)29-18-9-15-12-26-13-16(15)10-19(18)33-4;1-21(20(26)27)4-3-13-16(7-21)29-19-17(13)18(23-10-24-19)25-14-5-11-8-22-9-12(11)6-15(14)28-2/h9-10,12,14H,5-8,11,13H2,1-4H3,(H,27,28,29);5-6,8,10H,3-4,7,9H2,1-2H3,(H,26,27)(H,23,24,25)/t25-;21-/m11/s1. The highest BCUT2D eigenvalue weighted by atomic mass is 32.1. The number of nitrogens with one attached hydrogen (secondary N) is 2. The number of hydrogen-bond acceptors (Lipinski definition) is 15. The average molecular weight is 888 g/mol. The molecule has 2 atom stereocenters. The zero-order chi connectivity index (χ0) is 44.0. The molecule has 4 aliphatic rings. The summed E-state index contributed by atoms with van der Waals surface area (Å²) in [6.45, 7) is 6.38. The molecule has 3 N–H and O–H groups in total. The third-order valence-electron chi connectivity index (χ3n) is 12.7. The minimum atomic E-state index is -0.741. The molecule has 15 nitrogen and oxygen atoms in total. The zero-order valence-electron chi connectivity index (χ0n) is 36.1. The third kappa shape index (κ3) is 7.86. The van der Waals surface area contributed by atoms with Crippen LogP contribution in [0.5, 0.6) is 11.5 Å². The van der Waals surface area contributed by atoms with Gasteiger partial charge >= 0.3 is 5.97 Å². The van der Waals surface area contributed by atoms with Gasteiger partial charge in [-0.3, -0.25) is 19.6 Å². The largest absolute Gasteiger partial charge is 0.495 e. The number of carboxylic acids is 1. The van der Waals surface area contributed by atoms with Crippen molar-refractivity contribution in [3.8, 4) is 11.5 Å². The number of benzene rings is 2. The van der Waals surface area contributed by atoms with Crippen LogP contribution in [0.1, 0.15) is 69.8 Å². The molecule has 0 bridgehead atoms. The van der Waals surface area contributed by atoms with Crippen molar-refractivity contribution >= 4 is 90.4 Å². The van der Waals surface area contributed by atoms with Crippen molar-refractivity contribution in [3.63, 3.8) is 0 Å². The van der Waals surface area contributed by atoms with Crippen LogP contribution in [0.25, 0.3) is 20.4 Å². The number of aliphatic carboxylic acids is 1. The summed E-state index contributed by atoms with van der Waals surface area (Å²) < 4.78 is 16.4. The number of carbonyl (C=O) groups is 2. The van der Waals surface area contributed by atoms with Crippen molar-refractivity contribution in [3.05, 3.63) is 80.1 Å². The lowest BCUT2D eigenvalue weighted by atomic mass is 9.74. The molecule has 2 aliphatic heterocycles. The molecular weight excluding hydrogens is 839 g/mol. The van der Waals surface area contributed by atoms with Gasteiger partial charge in [-0.1, -0.05) is 6.92 Å². The zero-order valence-corrected chi connectivity index (χ0v) is 37.8. The van der Waals surface area contributed by atoms with E-state index in [-0.39, 0.29) is 5.91 Å². The van der Waals surface area contributed by atoms with E-state index in [2.05, 4.69) is 53.5 Å². The number of aromatic nitrogens is 4. The summed E-state index contributed by atoms with van der Waals surface area (Å²) in [6.07, 6.45) is 11.0. The molecule has 0 saturated heterocycles. The molecule has 2 aromatic carbocycles. The van der Waals surface area contributed by atoms with Gasteiger partial charge in [0.2, 0.25) is 5.91 Å². The molecule has 0 fully saturated rings. The molecule has 2 aliphatic carbocycles. The van der Waals surface area contributed by atoms with Crippen LogP contribution in [0.4, 0.5) is 23.0 Å². The molecule has 0 radical (unpaired) electrons. The van der Waals surface area contributed by atoms with E-state index >= 15 is 0 Å². The van der Waals surface area contributed by atoms with Gasteiger partial charge in [-0.25, -0.2) is 19.9 Å². The summed E-state index contributed by atoms with van der Waals surface area (Å²) in [4.78, 5) is 57.6. The minimum absolute atomic E-state index is 0.168. The quantitative estimate of drug-likeness (QED) is 0.114. The Labute approximate surface area is 372 Å². The fraction of sp³-hybridized carbons (Fsp3) is 0.391. The first-order chi connectivity index (χ1) is 30.4. The number of amides is 1. The van der Waals surface area contributed by atoms with Crippen LogP contribution >= 0.6 is 22.7 Å². The van der Waals surface area contributed by atoms with Crippen molar-refractivity contribution in [2.45, 2.75) is 65.5 Å². The number of methoxy groups -OCH3 is 3. The second-order valence-corrected chi connectivity index (χ2v) is 19.2. The number of carbonyl (C=O) groups excluding carboxylic acids is 1. The third-order valence-corrected chi connectivity index (χ3v) is 15.0. The number of aryl methyl sites for hydroxylation is 2. The van der Waals surface area contributed by atoms with Gasteiger partial charge < -0.3 is 34.9 Å². The Morgan fingerprint density at radius 3 is 1.71 bits per heavy atom. The van der Waals surface area contributed by atoms with Gasteiger partial charge in [-0.05, 0) is 103 Å². The van der Waals surface area contributed by atoms with Crippen molar-refractivity contribution in [2.24, 2.45) is 20.8 Å². The molecule has 0 unspecified atom stereocenters. The lowest BCUT2D eigenvalue weighted by Crippen LogP contribution is -2.44. The average Bonchev–Trinajstić information content (AvgIpc) is 4.09. The first-order valence-electron chi connectivity index (χ1n) is 20.9. The molecule has 1 amide bonds. The van der Waals surface area contributed by atoms with E-state index in [1.807, 2.05) is 44.6 Å². The molecule has 4 aromatic heterocycles. The highest BCUT2D eigenvalue weighted by molar-refractivity contribution is 7.19. The van der Waals surface area contributed by atoms with E-state index in [0.29, 0.717) is 51.9 Å². The normalized spacial score (nSPS) is 19.1. The van der Waals surface area contributed by atoms with Gasteiger partial charge in [0, 0.05) is 42.9 Å². The number of carboxylic acid groups (broad SMARTS) is 1. The van der Waals surface area contributed by atoms with Crippen molar-refractivity contribution < 1.29 is 28.9 Å². The highest BCUT2D eigenvalue weighted by Gasteiger charge is 2.41. The predicted molar refractivity (Wildman–Crippen MR) is 247 cm³/mol. The van der Waals surface area contributed by atoms with Crippen LogP contribution in [0.2, 0.25) is 0 Å². The number of aliphatic imine (C=N–C) groups is 2. The summed E-state index contributed by atoms with van der Waals surface area (Å²) in [7, 11) is 6.84. The van der Waals surface area contributed by atoms with Crippen LogP contribution in [-0.2, 0) is 53.1 Å². The van der Waals surface area contributed by atoms with Crippen molar-refractivity contribution in [1.29, 1.82) is 0 Å². The number of hydrogen-bond donors (Lipinski definition) is 3. The topological polar surface area (TPSA) is 186 Å². The van der Waals surface area contributed by atoms with Crippen LogP contribution in [0, 0.1) is 10.8 Å². The van der Waals surface area contributed by atoms with Gasteiger partial charge in [0.25, 0.3) is 0 Å². The van der Waals surface area contributed by atoms with Crippen LogP contribution in [0.3, 0.4) is 0 Å². The smallest absolute Gasteiger partial charge is 0.309 e. The Bertz CT molecular complexity index is 2860. The SMILES string of the molecule is COCCN(C)C(=O)[C@]1(C)CCc2c(sc3ncnc(Nc4cc5c(cc4OC)CN=C5)c23)C1.COc1cc2c(cc1Nc1ncnc3sc4c(c13)CC[C@@](C)(C(=O)O)C4)C=NC2. The molecular formula is C46H49N9O6S2. The molecule has 17 heteroatoms. The lowest BCUT2D eigenvalue weighted by Gasteiger charge is -2.35. The maximum Gasteiger partial charge on any atom is 0.309 e.